The highest BCUT2D eigenvalue weighted by Gasteiger charge is 2.14. The van der Waals surface area contributed by atoms with E-state index in [-0.39, 0.29) is 18.5 Å². The van der Waals surface area contributed by atoms with Crippen LogP contribution in [0.3, 0.4) is 0 Å². The van der Waals surface area contributed by atoms with E-state index >= 15 is 0 Å². The third kappa shape index (κ3) is 37.8. The van der Waals surface area contributed by atoms with E-state index in [1.54, 1.807) is 0 Å². The Hall–Kier alpha value is -1.14. The van der Waals surface area contributed by atoms with Crippen LogP contribution in [0.1, 0.15) is 252 Å². The monoisotopic (exact) mass is 766 g/mol. The minimum absolute atomic E-state index is 0.00467. The molecule has 0 radical (unpaired) electrons. The third-order valence-corrected chi connectivity index (χ3v) is 11.5. The van der Waals surface area contributed by atoms with E-state index < -0.39 is 0 Å². The van der Waals surface area contributed by atoms with Gasteiger partial charge in [0, 0.05) is 25.5 Å². The molecule has 3 unspecified atom stereocenters. The molecule has 0 heterocycles. The van der Waals surface area contributed by atoms with E-state index in [0.29, 0.717) is 43.9 Å². The molecule has 0 aliphatic rings. The zero-order valence-electron chi connectivity index (χ0n) is 36.9. The molecule has 2 N–H and O–H groups in total. The van der Waals surface area contributed by atoms with Crippen molar-refractivity contribution in [2.24, 2.45) is 11.8 Å². The van der Waals surface area contributed by atoms with Gasteiger partial charge in [0.25, 0.3) is 0 Å². The lowest BCUT2D eigenvalue weighted by Gasteiger charge is -2.19. The highest BCUT2D eigenvalue weighted by Crippen LogP contribution is 2.21. The van der Waals surface area contributed by atoms with Crippen LogP contribution >= 0.6 is 0 Å². The first-order chi connectivity index (χ1) is 26.5. The number of ether oxygens (including phenoxy) is 2. The van der Waals surface area contributed by atoms with Crippen molar-refractivity contribution >= 4 is 11.9 Å². The Morgan fingerprint density at radius 2 is 0.778 bits per heavy atom. The van der Waals surface area contributed by atoms with Crippen LogP contribution in [0, 0.1) is 11.8 Å². The minimum Gasteiger partial charge on any atom is -0.465 e. The highest BCUT2D eigenvalue weighted by molar-refractivity contribution is 5.69. The van der Waals surface area contributed by atoms with Crippen LogP contribution in [0.15, 0.2) is 0 Å². The van der Waals surface area contributed by atoms with Gasteiger partial charge in [0.2, 0.25) is 0 Å². The number of carbonyl (C=O) groups is 2. The smallest absolute Gasteiger partial charge is 0.305 e. The molecule has 0 amide bonds. The van der Waals surface area contributed by atoms with Gasteiger partial charge >= 0.3 is 11.9 Å². The molecule has 0 rings (SSSR count). The Kier molecular flexibility index (Phi) is 42.1. The molecule has 0 spiro atoms. The van der Waals surface area contributed by atoms with Crippen molar-refractivity contribution in [2.45, 2.75) is 258 Å². The molecule has 0 bridgehead atoms. The first-order valence-corrected chi connectivity index (χ1v) is 24.2. The molecule has 0 fully saturated rings. The van der Waals surface area contributed by atoms with Gasteiger partial charge < -0.3 is 19.9 Å². The number of aliphatic hydroxyl groups excluding tert-OH is 1. The van der Waals surface area contributed by atoms with E-state index in [4.69, 9.17) is 9.47 Å². The SMILES string of the molecule is CCCCCCC(CCCC)COC(=O)CCCCCCCCC(CCCCCCCCC(=O)OCC(CCCCC)CCCCCC)NCCCCO. The lowest BCUT2D eigenvalue weighted by atomic mass is 9.95. The molecule has 0 saturated heterocycles. The number of nitrogens with one attached hydrogen (secondary N) is 1. The second-order valence-electron chi connectivity index (χ2n) is 16.8. The molecule has 6 heteroatoms. The fraction of sp³-hybridized carbons (Fsp3) is 0.958. The molecule has 0 aromatic heterocycles. The van der Waals surface area contributed by atoms with Gasteiger partial charge in [-0.05, 0) is 82.6 Å². The lowest BCUT2D eigenvalue weighted by molar-refractivity contribution is -0.146. The molecule has 3 atom stereocenters. The third-order valence-electron chi connectivity index (χ3n) is 11.5. The second kappa shape index (κ2) is 43.0. The van der Waals surface area contributed by atoms with Crippen molar-refractivity contribution < 1.29 is 24.2 Å². The summed E-state index contributed by atoms with van der Waals surface area (Å²) in [6.07, 6.45) is 40.9. The van der Waals surface area contributed by atoms with Crippen molar-refractivity contribution in [2.75, 3.05) is 26.4 Å². The Morgan fingerprint density at radius 1 is 0.426 bits per heavy atom. The average Bonchev–Trinajstić information content (AvgIpc) is 3.17. The summed E-state index contributed by atoms with van der Waals surface area (Å²) in [5, 5.41) is 13.0. The number of aliphatic hydroxyl groups is 1. The summed E-state index contributed by atoms with van der Waals surface area (Å²) in [6.45, 7) is 11.5. The van der Waals surface area contributed by atoms with Gasteiger partial charge in [0.05, 0.1) is 13.2 Å². The zero-order valence-corrected chi connectivity index (χ0v) is 36.9. The Bertz CT molecular complexity index is 776. The van der Waals surface area contributed by atoms with Crippen molar-refractivity contribution in [3.8, 4) is 0 Å². The Balaban J connectivity index is 4.11. The van der Waals surface area contributed by atoms with Crippen LogP contribution in [-0.2, 0) is 19.1 Å². The van der Waals surface area contributed by atoms with Crippen molar-refractivity contribution in [3.63, 3.8) is 0 Å². The molecule has 0 aliphatic carbocycles. The molecule has 0 aromatic carbocycles. The molecule has 322 valence electrons. The first kappa shape index (κ1) is 52.9. The number of hydrogen-bond acceptors (Lipinski definition) is 6. The van der Waals surface area contributed by atoms with E-state index in [9.17, 15) is 14.7 Å². The van der Waals surface area contributed by atoms with E-state index in [1.807, 2.05) is 0 Å². The summed E-state index contributed by atoms with van der Waals surface area (Å²) in [4.78, 5) is 24.8. The summed E-state index contributed by atoms with van der Waals surface area (Å²) in [5.41, 5.74) is 0. The first-order valence-electron chi connectivity index (χ1n) is 24.2. The van der Waals surface area contributed by atoms with E-state index in [1.165, 1.54) is 173 Å². The van der Waals surface area contributed by atoms with Gasteiger partial charge in [-0.1, -0.05) is 175 Å². The standard InChI is InChI=1S/C48H95NO5/c1-5-9-13-24-34-44(32-12-8-4)42-53-47(51)38-28-21-17-15-19-26-36-46(49-40-30-31-41-50)37-27-20-16-18-22-29-39-48(52)54-43-45(33-23-11-7-3)35-25-14-10-6-2/h44-46,49-50H,5-43H2,1-4H3. The second-order valence-corrected chi connectivity index (χ2v) is 16.8. The summed E-state index contributed by atoms with van der Waals surface area (Å²) in [6, 6.07) is 0.568. The van der Waals surface area contributed by atoms with Crippen LogP contribution in [-0.4, -0.2) is 49.5 Å². The van der Waals surface area contributed by atoms with Crippen molar-refractivity contribution in [1.82, 2.24) is 5.32 Å². The van der Waals surface area contributed by atoms with Crippen LogP contribution < -0.4 is 5.32 Å². The fourth-order valence-corrected chi connectivity index (χ4v) is 7.71. The van der Waals surface area contributed by atoms with Gasteiger partial charge in [-0.3, -0.25) is 9.59 Å². The fourth-order valence-electron chi connectivity index (χ4n) is 7.71. The predicted molar refractivity (Wildman–Crippen MR) is 232 cm³/mol. The maximum Gasteiger partial charge on any atom is 0.305 e. The van der Waals surface area contributed by atoms with Gasteiger partial charge in [-0.2, -0.15) is 0 Å². The van der Waals surface area contributed by atoms with E-state index in [2.05, 4.69) is 33.0 Å². The van der Waals surface area contributed by atoms with Crippen LogP contribution in [0.5, 0.6) is 0 Å². The van der Waals surface area contributed by atoms with Gasteiger partial charge in [-0.25, -0.2) is 0 Å². The topological polar surface area (TPSA) is 84.9 Å². The Labute approximate surface area is 337 Å². The molecule has 54 heavy (non-hydrogen) atoms. The predicted octanol–water partition coefficient (Wildman–Crippen LogP) is 14.0. The van der Waals surface area contributed by atoms with Crippen LogP contribution in [0.4, 0.5) is 0 Å². The highest BCUT2D eigenvalue weighted by atomic mass is 16.5. The largest absolute Gasteiger partial charge is 0.465 e. The van der Waals surface area contributed by atoms with E-state index in [0.717, 1.165) is 45.1 Å². The molecule has 0 aliphatic heterocycles. The van der Waals surface area contributed by atoms with Gasteiger partial charge in [-0.15, -0.1) is 0 Å². The number of carbonyl (C=O) groups excluding carboxylic acids is 2. The number of unbranched alkanes of at least 4 members (excludes halogenated alkanes) is 20. The summed E-state index contributed by atoms with van der Waals surface area (Å²) < 4.78 is 11.5. The average molecular weight is 766 g/mol. The maximum absolute atomic E-state index is 12.4. The Morgan fingerprint density at radius 3 is 1.22 bits per heavy atom. The number of esters is 2. The van der Waals surface area contributed by atoms with Gasteiger partial charge in [0.1, 0.15) is 0 Å². The summed E-state index contributed by atoms with van der Waals surface area (Å²) >= 11 is 0. The number of hydrogen-bond donors (Lipinski definition) is 2. The van der Waals surface area contributed by atoms with Crippen molar-refractivity contribution in [1.29, 1.82) is 0 Å². The molecule has 6 nitrogen and oxygen atoms in total. The lowest BCUT2D eigenvalue weighted by Crippen LogP contribution is -2.30. The molecule has 0 aromatic rings. The zero-order chi connectivity index (χ0) is 39.6. The van der Waals surface area contributed by atoms with Crippen LogP contribution in [0.2, 0.25) is 0 Å². The normalized spacial score (nSPS) is 13.2. The van der Waals surface area contributed by atoms with Crippen LogP contribution in [0.25, 0.3) is 0 Å². The molecule has 0 saturated carbocycles. The van der Waals surface area contributed by atoms with Gasteiger partial charge in [0.15, 0.2) is 0 Å². The molecular weight excluding hydrogens is 671 g/mol. The summed E-state index contributed by atoms with van der Waals surface area (Å²) in [7, 11) is 0. The molecular formula is C48H95NO5. The van der Waals surface area contributed by atoms with Crippen molar-refractivity contribution in [3.05, 3.63) is 0 Å². The minimum atomic E-state index is 0.00467. The number of rotatable bonds is 44. The summed E-state index contributed by atoms with van der Waals surface area (Å²) in [5.74, 6) is 1.10. The quantitative estimate of drug-likeness (QED) is 0.0475. The maximum atomic E-state index is 12.4.